The highest BCUT2D eigenvalue weighted by Gasteiger charge is 2.66. The Morgan fingerprint density at radius 3 is 2.76 bits per heavy atom. The zero-order chi connectivity index (χ0) is 24.6. The lowest BCUT2D eigenvalue weighted by atomic mass is 9.98. The molecule has 0 aliphatic carbocycles. The number of nitrogens with zero attached hydrogens (tertiary/aromatic N) is 7. The molecular weight excluding hydrogens is 528 g/mol. The van der Waals surface area contributed by atoms with Crippen LogP contribution in [0, 0.1) is 6.92 Å². The zero-order valence-electron chi connectivity index (χ0n) is 18.0. The number of hydrogen-bond donors (Lipinski definition) is 2. The number of fused-ring (bicyclic) bond motifs is 1. The van der Waals surface area contributed by atoms with Crippen LogP contribution >= 0.6 is 34.9 Å². The molecule has 3 atom stereocenters. The van der Waals surface area contributed by atoms with E-state index in [9.17, 15) is 24.0 Å². The average Bonchev–Trinajstić information content (AvgIpc) is 3.42. The van der Waals surface area contributed by atoms with E-state index >= 15 is 0 Å². The molecule has 2 aromatic heterocycles. The van der Waals surface area contributed by atoms with Crippen LogP contribution in [0.1, 0.15) is 5.01 Å². The smallest absolute Gasteiger partial charge is 0.352 e. The molecule has 34 heavy (non-hydrogen) atoms. The van der Waals surface area contributed by atoms with Gasteiger partial charge in [0.15, 0.2) is 5.75 Å². The largest absolute Gasteiger partial charge is 0.609 e. The minimum Gasteiger partial charge on any atom is -0.609 e. The van der Waals surface area contributed by atoms with Crippen molar-refractivity contribution in [1.29, 1.82) is 0 Å². The molecule has 0 radical (unpaired) electrons. The van der Waals surface area contributed by atoms with Gasteiger partial charge in [-0.1, -0.05) is 16.9 Å². The minimum absolute atomic E-state index is 0.161. The van der Waals surface area contributed by atoms with E-state index in [4.69, 9.17) is 4.74 Å². The molecule has 2 aromatic rings. The number of amides is 2. The van der Waals surface area contributed by atoms with E-state index in [1.165, 1.54) is 35.3 Å². The SMILES string of the molecule is CO[C@@]1(NC(=O)C[S+]([O-])c2nnc(C)s2)C(=O)N2C(C(=O)O)=C(CSc3nnnn3C)CS[C@H]21. The van der Waals surface area contributed by atoms with Gasteiger partial charge in [0.25, 0.3) is 17.5 Å². The second kappa shape index (κ2) is 9.78. The van der Waals surface area contributed by atoms with Crippen LogP contribution in [-0.4, -0.2) is 98.2 Å². The second-order valence-corrected chi connectivity index (χ2v) is 11.9. The first-order valence-corrected chi connectivity index (χ1v) is 13.6. The Kier molecular flexibility index (Phi) is 7.15. The summed E-state index contributed by atoms with van der Waals surface area (Å²) in [6.07, 6.45) is 0. The molecule has 2 aliphatic heterocycles. The van der Waals surface area contributed by atoms with E-state index in [2.05, 4.69) is 31.0 Å². The summed E-state index contributed by atoms with van der Waals surface area (Å²) in [6, 6.07) is 0. The lowest BCUT2D eigenvalue weighted by molar-refractivity contribution is -0.192. The standard InChI is InChI=1S/C16H18N8O6S4/c1-7-18-20-15(33-7)34(29)6-9(25)17-16(30-3)12(28)24-10(11(26)27)8(4-31-13(16)24)5-32-14-19-21-22-23(14)2/h13H,4-6H2,1-3H3,(H,17,25)(H,26,27)/t13-,16-,34?/m0/s1. The van der Waals surface area contributed by atoms with Gasteiger partial charge in [0, 0.05) is 36.8 Å². The van der Waals surface area contributed by atoms with E-state index in [0.29, 0.717) is 15.7 Å². The van der Waals surface area contributed by atoms with Crippen molar-refractivity contribution in [1.82, 2.24) is 40.6 Å². The second-order valence-electron chi connectivity index (χ2n) is 7.03. The highest BCUT2D eigenvalue weighted by atomic mass is 32.2. The van der Waals surface area contributed by atoms with Crippen molar-refractivity contribution in [2.24, 2.45) is 7.05 Å². The van der Waals surface area contributed by atoms with Gasteiger partial charge in [0.05, 0.1) is 0 Å². The number of β-lactam (4-membered cyclic amide) rings is 1. The van der Waals surface area contributed by atoms with Crippen molar-refractivity contribution in [3.8, 4) is 0 Å². The lowest BCUT2D eigenvalue weighted by Crippen LogP contribution is -2.81. The predicted molar refractivity (Wildman–Crippen MR) is 121 cm³/mol. The molecule has 4 rings (SSSR count). The van der Waals surface area contributed by atoms with E-state index in [1.807, 2.05) is 0 Å². The van der Waals surface area contributed by atoms with Crippen molar-refractivity contribution in [3.63, 3.8) is 0 Å². The average molecular weight is 547 g/mol. The molecule has 18 heteroatoms. The molecule has 2 amide bonds. The molecule has 0 spiro atoms. The molecule has 2 aliphatic rings. The summed E-state index contributed by atoms with van der Waals surface area (Å²) in [5.74, 6) is -2.59. The fraction of sp³-hybridized carbons (Fsp3) is 0.500. The summed E-state index contributed by atoms with van der Waals surface area (Å²) in [4.78, 5) is 38.9. The quantitative estimate of drug-likeness (QED) is 0.168. The molecular formula is C16H18N8O6S4. The molecule has 1 unspecified atom stereocenters. The Morgan fingerprint density at radius 1 is 1.41 bits per heavy atom. The third kappa shape index (κ3) is 4.40. The molecule has 2 N–H and O–H groups in total. The van der Waals surface area contributed by atoms with Crippen LogP contribution in [0.5, 0.6) is 0 Å². The number of thioether (sulfide) groups is 2. The van der Waals surface area contributed by atoms with Crippen molar-refractivity contribution >= 4 is 63.8 Å². The molecule has 182 valence electrons. The number of carbonyl (C=O) groups excluding carboxylic acids is 2. The number of carbonyl (C=O) groups is 3. The van der Waals surface area contributed by atoms with Crippen LogP contribution in [0.2, 0.25) is 0 Å². The van der Waals surface area contributed by atoms with Crippen LogP contribution in [0.15, 0.2) is 20.8 Å². The summed E-state index contributed by atoms with van der Waals surface area (Å²) >= 11 is 1.86. The van der Waals surface area contributed by atoms with Gasteiger partial charge in [-0.3, -0.25) is 14.5 Å². The van der Waals surface area contributed by atoms with Gasteiger partial charge in [0.1, 0.15) is 16.1 Å². The Labute approximate surface area is 208 Å². The van der Waals surface area contributed by atoms with Gasteiger partial charge in [-0.15, -0.1) is 22.0 Å². The Balaban J connectivity index is 1.49. The summed E-state index contributed by atoms with van der Waals surface area (Å²) in [5, 5.41) is 31.3. The first-order valence-electron chi connectivity index (χ1n) is 9.48. The summed E-state index contributed by atoms with van der Waals surface area (Å²) < 4.78 is 19.5. The number of ether oxygens (including phenoxy) is 1. The fourth-order valence-electron chi connectivity index (χ4n) is 3.34. The molecule has 0 aromatic carbocycles. The maximum Gasteiger partial charge on any atom is 0.352 e. The maximum atomic E-state index is 13.1. The highest BCUT2D eigenvalue weighted by molar-refractivity contribution is 8.01. The van der Waals surface area contributed by atoms with Crippen molar-refractivity contribution < 1.29 is 28.8 Å². The maximum absolute atomic E-state index is 13.1. The zero-order valence-corrected chi connectivity index (χ0v) is 21.2. The number of hydrogen-bond acceptors (Lipinski definition) is 13. The van der Waals surface area contributed by atoms with Gasteiger partial charge >= 0.3 is 10.3 Å². The van der Waals surface area contributed by atoms with Gasteiger partial charge in [-0.2, -0.15) is 0 Å². The molecule has 0 saturated carbocycles. The molecule has 0 bridgehead atoms. The number of tetrazole rings is 1. The van der Waals surface area contributed by atoms with Gasteiger partial charge < -0.3 is 19.7 Å². The highest BCUT2D eigenvalue weighted by Crippen LogP contribution is 2.47. The van der Waals surface area contributed by atoms with E-state index in [0.717, 1.165) is 16.2 Å². The first-order chi connectivity index (χ1) is 16.2. The topological polar surface area (TPSA) is 188 Å². The van der Waals surface area contributed by atoms with Gasteiger partial charge in [-0.25, -0.2) is 9.48 Å². The van der Waals surface area contributed by atoms with Gasteiger partial charge in [-0.05, 0) is 34.3 Å². The molecule has 1 fully saturated rings. The van der Waals surface area contributed by atoms with Crippen LogP contribution in [0.4, 0.5) is 0 Å². The lowest BCUT2D eigenvalue weighted by Gasteiger charge is -2.55. The minimum atomic E-state index is -1.77. The third-order valence-electron chi connectivity index (χ3n) is 4.88. The number of carboxylic acids is 1. The monoisotopic (exact) mass is 546 g/mol. The van der Waals surface area contributed by atoms with Gasteiger partial charge in [0.2, 0.25) is 5.16 Å². The van der Waals surface area contributed by atoms with E-state index in [-0.39, 0.29) is 21.5 Å². The van der Waals surface area contributed by atoms with Crippen molar-refractivity contribution in [3.05, 3.63) is 16.3 Å². The molecule has 1 saturated heterocycles. The summed E-state index contributed by atoms with van der Waals surface area (Å²) in [7, 11) is 2.91. The number of aryl methyl sites for hydroxylation is 2. The normalized spacial score (nSPS) is 22.9. The Bertz CT molecular complexity index is 1170. The molecule has 14 nitrogen and oxygen atoms in total. The van der Waals surface area contributed by atoms with Crippen LogP contribution < -0.4 is 5.32 Å². The Morgan fingerprint density at radius 2 is 2.18 bits per heavy atom. The number of rotatable bonds is 9. The van der Waals surface area contributed by atoms with E-state index in [1.54, 1.807) is 14.0 Å². The summed E-state index contributed by atoms with van der Waals surface area (Å²) in [6.45, 7) is 1.70. The van der Waals surface area contributed by atoms with Crippen LogP contribution in [-0.2, 0) is 37.3 Å². The third-order valence-corrected chi connectivity index (χ3v) is 9.79. The fourth-order valence-corrected chi connectivity index (χ4v) is 7.66. The molecule has 4 heterocycles. The van der Waals surface area contributed by atoms with E-state index < -0.39 is 45.8 Å². The number of methoxy groups -OCH3 is 1. The van der Waals surface area contributed by atoms with Crippen molar-refractivity contribution in [2.75, 3.05) is 24.4 Å². The van der Waals surface area contributed by atoms with Crippen LogP contribution in [0.25, 0.3) is 0 Å². The number of aromatic nitrogens is 6. The number of carboxylic acid groups (broad SMARTS) is 1. The first kappa shape index (κ1) is 24.9. The Hall–Kier alpha value is -2.25. The number of nitrogens with one attached hydrogen (secondary N) is 1. The van der Waals surface area contributed by atoms with Crippen LogP contribution in [0.3, 0.4) is 0 Å². The van der Waals surface area contributed by atoms with Crippen molar-refractivity contribution in [2.45, 2.75) is 27.5 Å². The number of aliphatic carboxylic acids is 1. The predicted octanol–water partition coefficient (Wildman–Crippen LogP) is -1.02. The summed E-state index contributed by atoms with van der Waals surface area (Å²) in [5.41, 5.74) is -1.42.